The molecule has 1 aromatic carbocycles. The Morgan fingerprint density at radius 2 is 1.88 bits per heavy atom. The van der Waals surface area contributed by atoms with Crippen LogP contribution in [0.1, 0.15) is 18.4 Å². The SMILES string of the molecule is O=COCC(=O)NC1(c2ccc(OC(F)(F)F)cc2)CCNCC1. The van der Waals surface area contributed by atoms with Crippen molar-refractivity contribution in [2.24, 2.45) is 0 Å². The second kappa shape index (κ2) is 7.52. The van der Waals surface area contributed by atoms with Gasteiger partial charge >= 0.3 is 6.36 Å². The Balaban J connectivity index is 2.17. The summed E-state index contributed by atoms with van der Waals surface area (Å²) in [5.41, 5.74) is -0.0660. The summed E-state index contributed by atoms with van der Waals surface area (Å²) >= 11 is 0. The molecule has 9 heteroatoms. The third kappa shape index (κ3) is 4.85. The van der Waals surface area contributed by atoms with Crippen molar-refractivity contribution in [3.8, 4) is 5.75 Å². The van der Waals surface area contributed by atoms with E-state index in [0.29, 0.717) is 31.5 Å². The maximum Gasteiger partial charge on any atom is 0.573 e. The number of piperidine rings is 1. The molecule has 1 fully saturated rings. The standard InChI is InChI=1S/C15H17F3N2O4/c16-15(17,18)24-12-3-1-11(2-4-12)14(5-7-19-8-6-14)20-13(22)9-23-10-21/h1-4,10,19H,5-9H2,(H,20,22). The smallest absolute Gasteiger partial charge is 0.458 e. The minimum atomic E-state index is -4.76. The van der Waals surface area contributed by atoms with E-state index in [1.165, 1.54) is 24.3 Å². The van der Waals surface area contributed by atoms with Gasteiger partial charge in [-0.1, -0.05) is 12.1 Å². The lowest BCUT2D eigenvalue weighted by atomic mass is 9.81. The molecular weight excluding hydrogens is 329 g/mol. The number of carbonyl (C=O) groups is 2. The van der Waals surface area contributed by atoms with Crippen LogP contribution in [-0.2, 0) is 19.9 Å². The molecule has 1 heterocycles. The summed E-state index contributed by atoms with van der Waals surface area (Å²) in [5.74, 6) is -0.800. The van der Waals surface area contributed by atoms with Gasteiger partial charge in [-0.15, -0.1) is 13.2 Å². The fraction of sp³-hybridized carbons (Fsp3) is 0.467. The van der Waals surface area contributed by atoms with E-state index >= 15 is 0 Å². The summed E-state index contributed by atoms with van der Waals surface area (Å²) in [6.45, 7) is 1.04. The Bertz CT molecular complexity index is 569. The number of benzene rings is 1. The number of ether oxygens (including phenoxy) is 2. The van der Waals surface area contributed by atoms with Gasteiger partial charge in [0.25, 0.3) is 12.4 Å². The van der Waals surface area contributed by atoms with Crippen LogP contribution >= 0.6 is 0 Å². The monoisotopic (exact) mass is 346 g/mol. The molecule has 0 atom stereocenters. The van der Waals surface area contributed by atoms with Gasteiger partial charge in [-0.25, -0.2) is 0 Å². The Morgan fingerprint density at radius 3 is 2.42 bits per heavy atom. The van der Waals surface area contributed by atoms with E-state index < -0.39 is 24.4 Å². The van der Waals surface area contributed by atoms with Gasteiger partial charge < -0.3 is 20.1 Å². The van der Waals surface area contributed by atoms with Gasteiger partial charge in [-0.3, -0.25) is 9.59 Å². The third-order valence-electron chi connectivity index (χ3n) is 3.76. The Hall–Kier alpha value is -2.29. The maximum atomic E-state index is 12.2. The molecule has 24 heavy (non-hydrogen) atoms. The van der Waals surface area contributed by atoms with Crippen LogP contribution in [0.2, 0.25) is 0 Å². The molecule has 0 bridgehead atoms. The number of hydrogen-bond donors (Lipinski definition) is 2. The lowest BCUT2D eigenvalue weighted by Crippen LogP contribution is -2.53. The summed E-state index contributed by atoms with van der Waals surface area (Å²) in [5, 5.41) is 5.98. The Labute approximate surface area is 136 Å². The summed E-state index contributed by atoms with van der Waals surface area (Å²) in [4.78, 5) is 22.1. The number of carbonyl (C=O) groups excluding carboxylic acids is 2. The van der Waals surface area contributed by atoms with Crippen LogP contribution in [0.5, 0.6) is 5.75 Å². The normalized spacial score (nSPS) is 17.0. The molecule has 132 valence electrons. The lowest BCUT2D eigenvalue weighted by molar-refractivity contribution is -0.274. The molecule has 1 aliphatic rings. The zero-order valence-corrected chi connectivity index (χ0v) is 12.7. The molecule has 6 nitrogen and oxygen atoms in total. The summed E-state index contributed by atoms with van der Waals surface area (Å²) < 4.78 is 45.0. The summed E-state index contributed by atoms with van der Waals surface area (Å²) in [7, 11) is 0. The highest BCUT2D eigenvalue weighted by atomic mass is 19.4. The molecule has 0 aromatic heterocycles. The van der Waals surface area contributed by atoms with Gasteiger partial charge in [0.1, 0.15) is 5.75 Å². The highest BCUT2D eigenvalue weighted by Gasteiger charge is 2.36. The number of nitrogens with one attached hydrogen (secondary N) is 2. The van der Waals surface area contributed by atoms with E-state index in [-0.39, 0.29) is 12.2 Å². The van der Waals surface area contributed by atoms with Crippen LogP contribution in [0, 0.1) is 0 Å². The zero-order valence-electron chi connectivity index (χ0n) is 12.7. The average Bonchev–Trinajstić information content (AvgIpc) is 2.53. The van der Waals surface area contributed by atoms with Gasteiger partial charge in [0.05, 0.1) is 5.54 Å². The van der Waals surface area contributed by atoms with Gasteiger partial charge in [0.2, 0.25) is 0 Å². The van der Waals surface area contributed by atoms with Gasteiger partial charge in [0.15, 0.2) is 6.61 Å². The fourth-order valence-corrected chi connectivity index (χ4v) is 2.73. The van der Waals surface area contributed by atoms with Gasteiger partial charge in [-0.05, 0) is 43.6 Å². The third-order valence-corrected chi connectivity index (χ3v) is 3.76. The molecule has 0 spiro atoms. The highest BCUT2D eigenvalue weighted by Crippen LogP contribution is 2.32. The van der Waals surface area contributed by atoms with Crippen LogP contribution in [0.4, 0.5) is 13.2 Å². The van der Waals surface area contributed by atoms with Crippen molar-refractivity contribution >= 4 is 12.4 Å². The van der Waals surface area contributed by atoms with E-state index in [2.05, 4.69) is 20.1 Å². The summed E-state index contributed by atoms with van der Waals surface area (Å²) in [6, 6.07) is 5.40. The molecule has 2 rings (SSSR count). The van der Waals surface area contributed by atoms with E-state index in [4.69, 9.17) is 0 Å². The minimum absolute atomic E-state index is 0.179. The molecule has 0 radical (unpaired) electrons. The van der Waals surface area contributed by atoms with Crippen molar-refractivity contribution < 1.29 is 32.2 Å². The first kappa shape index (κ1) is 18.1. The quantitative estimate of drug-likeness (QED) is 0.763. The molecule has 0 saturated carbocycles. The molecule has 0 aliphatic carbocycles. The second-order valence-corrected chi connectivity index (χ2v) is 5.36. The molecule has 1 saturated heterocycles. The van der Waals surface area contributed by atoms with Crippen LogP contribution in [0.25, 0.3) is 0 Å². The molecule has 1 aliphatic heterocycles. The lowest BCUT2D eigenvalue weighted by Gasteiger charge is -2.39. The van der Waals surface area contributed by atoms with Crippen molar-refractivity contribution in [1.82, 2.24) is 10.6 Å². The molecule has 1 amide bonds. The van der Waals surface area contributed by atoms with Crippen LogP contribution in [0.15, 0.2) is 24.3 Å². The Kier molecular flexibility index (Phi) is 5.66. The first-order valence-electron chi connectivity index (χ1n) is 7.28. The topological polar surface area (TPSA) is 76.7 Å². The maximum absolute atomic E-state index is 12.2. The van der Waals surface area contributed by atoms with E-state index in [9.17, 15) is 22.8 Å². The van der Waals surface area contributed by atoms with Gasteiger partial charge in [-0.2, -0.15) is 0 Å². The molecular formula is C15H17F3N2O4. The second-order valence-electron chi connectivity index (χ2n) is 5.36. The Morgan fingerprint density at radius 1 is 1.25 bits per heavy atom. The number of rotatable bonds is 6. The van der Waals surface area contributed by atoms with Crippen LogP contribution < -0.4 is 15.4 Å². The first-order valence-corrected chi connectivity index (χ1v) is 7.28. The van der Waals surface area contributed by atoms with Crippen molar-refractivity contribution in [2.45, 2.75) is 24.7 Å². The number of hydrogen-bond acceptors (Lipinski definition) is 5. The van der Waals surface area contributed by atoms with E-state index in [0.717, 1.165) is 0 Å². The van der Waals surface area contributed by atoms with Crippen molar-refractivity contribution in [1.29, 1.82) is 0 Å². The van der Waals surface area contributed by atoms with Crippen LogP contribution in [-0.4, -0.2) is 38.4 Å². The average molecular weight is 346 g/mol. The largest absolute Gasteiger partial charge is 0.573 e. The minimum Gasteiger partial charge on any atom is -0.458 e. The fourth-order valence-electron chi connectivity index (χ4n) is 2.73. The number of amides is 1. The molecule has 2 N–H and O–H groups in total. The predicted octanol–water partition coefficient (Wildman–Crippen LogP) is 1.45. The van der Waals surface area contributed by atoms with Crippen molar-refractivity contribution in [3.05, 3.63) is 29.8 Å². The molecule has 0 unspecified atom stereocenters. The van der Waals surface area contributed by atoms with Crippen LogP contribution in [0.3, 0.4) is 0 Å². The predicted molar refractivity (Wildman–Crippen MR) is 77.1 cm³/mol. The number of halogens is 3. The first-order chi connectivity index (χ1) is 11.3. The van der Waals surface area contributed by atoms with E-state index in [1.54, 1.807) is 0 Å². The zero-order chi connectivity index (χ0) is 17.6. The van der Waals surface area contributed by atoms with Gasteiger partial charge in [0, 0.05) is 0 Å². The number of alkyl halides is 3. The highest BCUT2D eigenvalue weighted by molar-refractivity contribution is 5.79. The molecule has 1 aromatic rings. The summed E-state index contributed by atoms with van der Waals surface area (Å²) in [6.07, 6.45) is -3.65. The van der Waals surface area contributed by atoms with E-state index in [1.807, 2.05) is 0 Å². The van der Waals surface area contributed by atoms with Crippen molar-refractivity contribution in [2.75, 3.05) is 19.7 Å². The van der Waals surface area contributed by atoms with Crippen molar-refractivity contribution in [3.63, 3.8) is 0 Å².